The standard InChI is InChI=1S/C16H15NO4/c17-14-7-5-11(6-8-14)16(20)21-10-13-4-2-1-3-12(13)9-15(18)19/h1-8H,9-10,17H2,(H,18,19). The minimum absolute atomic E-state index is 0.0344. The van der Waals surface area contributed by atoms with Crippen molar-refractivity contribution in [1.82, 2.24) is 0 Å². The summed E-state index contributed by atoms with van der Waals surface area (Å²) in [5.74, 6) is -1.40. The molecule has 0 atom stereocenters. The minimum Gasteiger partial charge on any atom is -0.481 e. The van der Waals surface area contributed by atoms with Gasteiger partial charge in [0, 0.05) is 5.69 Å². The van der Waals surface area contributed by atoms with Gasteiger partial charge in [0.15, 0.2) is 0 Å². The van der Waals surface area contributed by atoms with E-state index in [-0.39, 0.29) is 13.0 Å². The lowest BCUT2D eigenvalue weighted by molar-refractivity contribution is -0.136. The highest BCUT2D eigenvalue weighted by molar-refractivity contribution is 5.89. The lowest BCUT2D eigenvalue weighted by Crippen LogP contribution is -2.08. The van der Waals surface area contributed by atoms with E-state index in [0.29, 0.717) is 22.4 Å². The molecule has 0 aromatic heterocycles. The maximum atomic E-state index is 11.9. The Morgan fingerprint density at radius 1 is 1.00 bits per heavy atom. The first-order valence-corrected chi connectivity index (χ1v) is 6.37. The van der Waals surface area contributed by atoms with Gasteiger partial charge in [-0.3, -0.25) is 4.79 Å². The average molecular weight is 285 g/mol. The zero-order chi connectivity index (χ0) is 15.2. The lowest BCUT2D eigenvalue weighted by Gasteiger charge is -2.09. The third-order valence-electron chi connectivity index (χ3n) is 2.97. The summed E-state index contributed by atoms with van der Waals surface area (Å²) < 4.78 is 5.20. The van der Waals surface area contributed by atoms with Crippen LogP contribution in [0.3, 0.4) is 0 Å². The fourth-order valence-corrected chi connectivity index (χ4v) is 1.88. The van der Waals surface area contributed by atoms with Gasteiger partial charge in [-0.1, -0.05) is 24.3 Å². The van der Waals surface area contributed by atoms with Crippen molar-refractivity contribution in [2.45, 2.75) is 13.0 Å². The Balaban J connectivity index is 2.04. The zero-order valence-corrected chi connectivity index (χ0v) is 11.3. The molecule has 0 saturated heterocycles. The minimum atomic E-state index is -0.924. The number of nitrogen functional groups attached to an aromatic ring is 1. The number of hydrogen-bond acceptors (Lipinski definition) is 4. The molecule has 5 nitrogen and oxygen atoms in total. The molecule has 3 N–H and O–H groups in total. The van der Waals surface area contributed by atoms with E-state index < -0.39 is 11.9 Å². The maximum Gasteiger partial charge on any atom is 0.338 e. The number of aliphatic carboxylic acids is 1. The number of anilines is 1. The molecule has 0 bridgehead atoms. The second kappa shape index (κ2) is 6.56. The molecule has 5 heteroatoms. The first-order valence-electron chi connectivity index (χ1n) is 6.37. The zero-order valence-electron chi connectivity index (χ0n) is 11.3. The van der Waals surface area contributed by atoms with Crippen molar-refractivity contribution in [3.8, 4) is 0 Å². The van der Waals surface area contributed by atoms with Crippen molar-refractivity contribution in [2.75, 3.05) is 5.73 Å². The van der Waals surface area contributed by atoms with Crippen molar-refractivity contribution < 1.29 is 19.4 Å². The summed E-state index contributed by atoms with van der Waals surface area (Å²) in [4.78, 5) is 22.7. The Labute approximate surface area is 122 Å². The summed E-state index contributed by atoms with van der Waals surface area (Å²) in [7, 11) is 0. The highest BCUT2D eigenvalue weighted by atomic mass is 16.5. The van der Waals surface area contributed by atoms with Crippen LogP contribution in [0.15, 0.2) is 48.5 Å². The smallest absolute Gasteiger partial charge is 0.338 e. The first-order chi connectivity index (χ1) is 10.1. The molecule has 2 aromatic carbocycles. The maximum absolute atomic E-state index is 11.9. The van der Waals surface area contributed by atoms with Crippen LogP contribution >= 0.6 is 0 Å². The van der Waals surface area contributed by atoms with E-state index >= 15 is 0 Å². The molecule has 0 fully saturated rings. The largest absolute Gasteiger partial charge is 0.481 e. The van der Waals surface area contributed by atoms with E-state index in [1.807, 2.05) is 0 Å². The Kier molecular flexibility index (Phi) is 4.56. The van der Waals surface area contributed by atoms with Gasteiger partial charge >= 0.3 is 11.9 Å². The molecule has 0 radical (unpaired) electrons. The number of ether oxygens (including phenoxy) is 1. The van der Waals surface area contributed by atoms with Crippen LogP contribution in [-0.4, -0.2) is 17.0 Å². The molecule has 21 heavy (non-hydrogen) atoms. The molecular formula is C16H15NO4. The van der Waals surface area contributed by atoms with E-state index in [1.165, 1.54) is 0 Å². The van der Waals surface area contributed by atoms with Crippen LogP contribution in [0.4, 0.5) is 5.69 Å². The first kappa shape index (κ1) is 14.6. The fraction of sp³-hybridized carbons (Fsp3) is 0.125. The molecule has 0 aliphatic heterocycles. The molecule has 108 valence electrons. The van der Waals surface area contributed by atoms with Crippen LogP contribution in [0.1, 0.15) is 21.5 Å². The number of carboxylic acids is 1. The normalized spacial score (nSPS) is 10.1. The molecule has 0 unspecified atom stereocenters. The molecule has 0 amide bonds. The molecule has 0 saturated carbocycles. The number of carboxylic acid groups (broad SMARTS) is 1. The van der Waals surface area contributed by atoms with Gasteiger partial charge in [-0.05, 0) is 35.4 Å². The molecule has 2 aromatic rings. The topological polar surface area (TPSA) is 89.6 Å². The van der Waals surface area contributed by atoms with Crippen LogP contribution in [0.25, 0.3) is 0 Å². The van der Waals surface area contributed by atoms with Gasteiger partial charge in [-0.25, -0.2) is 4.79 Å². The van der Waals surface area contributed by atoms with Crippen molar-refractivity contribution >= 4 is 17.6 Å². The van der Waals surface area contributed by atoms with E-state index in [0.717, 1.165) is 0 Å². The quantitative estimate of drug-likeness (QED) is 0.649. The van der Waals surface area contributed by atoms with E-state index in [1.54, 1.807) is 48.5 Å². The number of hydrogen-bond donors (Lipinski definition) is 2. The summed E-state index contributed by atoms with van der Waals surface area (Å²) in [5, 5.41) is 8.85. The molecule has 2 rings (SSSR count). The second-order valence-electron chi connectivity index (χ2n) is 4.54. The third-order valence-corrected chi connectivity index (χ3v) is 2.97. The van der Waals surface area contributed by atoms with Crippen LogP contribution < -0.4 is 5.73 Å². The Morgan fingerprint density at radius 3 is 2.24 bits per heavy atom. The predicted octanol–water partition coefficient (Wildman–Crippen LogP) is 2.25. The van der Waals surface area contributed by atoms with Gasteiger partial charge in [0.1, 0.15) is 6.61 Å². The Bertz CT molecular complexity index is 650. The van der Waals surface area contributed by atoms with Gasteiger partial charge in [-0.15, -0.1) is 0 Å². The summed E-state index contributed by atoms with van der Waals surface area (Å²) in [6.07, 6.45) is -0.102. The second-order valence-corrected chi connectivity index (χ2v) is 4.54. The number of carbonyl (C=O) groups excluding carboxylic acids is 1. The number of nitrogens with two attached hydrogens (primary N) is 1. The van der Waals surface area contributed by atoms with E-state index in [2.05, 4.69) is 0 Å². The fourth-order valence-electron chi connectivity index (χ4n) is 1.88. The van der Waals surface area contributed by atoms with E-state index in [4.69, 9.17) is 15.6 Å². The van der Waals surface area contributed by atoms with Crippen LogP contribution in [0, 0.1) is 0 Å². The average Bonchev–Trinajstić information content (AvgIpc) is 2.46. The highest BCUT2D eigenvalue weighted by Gasteiger charge is 2.10. The Morgan fingerprint density at radius 2 is 1.62 bits per heavy atom. The van der Waals surface area contributed by atoms with Crippen molar-refractivity contribution in [1.29, 1.82) is 0 Å². The molecular weight excluding hydrogens is 270 g/mol. The predicted molar refractivity (Wildman–Crippen MR) is 77.8 cm³/mol. The third kappa shape index (κ3) is 4.07. The molecule has 0 heterocycles. The number of rotatable bonds is 5. The number of benzene rings is 2. The summed E-state index contributed by atoms with van der Waals surface area (Å²) >= 11 is 0. The van der Waals surface area contributed by atoms with Crippen molar-refractivity contribution in [3.63, 3.8) is 0 Å². The van der Waals surface area contributed by atoms with Crippen molar-refractivity contribution in [3.05, 3.63) is 65.2 Å². The van der Waals surface area contributed by atoms with Gasteiger partial charge in [-0.2, -0.15) is 0 Å². The van der Waals surface area contributed by atoms with Gasteiger partial charge in [0.25, 0.3) is 0 Å². The monoisotopic (exact) mass is 285 g/mol. The van der Waals surface area contributed by atoms with Crippen LogP contribution in [0.5, 0.6) is 0 Å². The summed E-state index contributed by atoms with van der Waals surface area (Å²) in [6.45, 7) is 0.0344. The van der Waals surface area contributed by atoms with E-state index in [9.17, 15) is 9.59 Å². The van der Waals surface area contributed by atoms with Gasteiger partial charge < -0.3 is 15.6 Å². The number of esters is 1. The summed E-state index contributed by atoms with van der Waals surface area (Å²) in [5.41, 5.74) is 7.84. The summed E-state index contributed by atoms with van der Waals surface area (Å²) in [6, 6.07) is 13.4. The Hall–Kier alpha value is -2.82. The molecule has 0 aliphatic rings. The SMILES string of the molecule is Nc1ccc(C(=O)OCc2ccccc2CC(=O)O)cc1. The molecule has 0 spiro atoms. The lowest BCUT2D eigenvalue weighted by atomic mass is 10.1. The molecule has 0 aliphatic carbocycles. The van der Waals surface area contributed by atoms with Gasteiger partial charge in [0.05, 0.1) is 12.0 Å². The van der Waals surface area contributed by atoms with Crippen LogP contribution in [0.2, 0.25) is 0 Å². The van der Waals surface area contributed by atoms with Crippen molar-refractivity contribution in [2.24, 2.45) is 0 Å². The highest BCUT2D eigenvalue weighted by Crippen LogP contribution is 2.13. The van der Waals surface area contributed by atoms with Crippen LogP contribution in [-0.2, 0) is 22.6 Å². The number of carbonyl (C=O) groups is 2. The van der Waals surface area contributed by atoms with Gasteiger partial charge in [0.2, 0.25) is 0 Å².